The number of hydrogen-bond acceptors (Lipinski definition) is 5. The molecule has 1 aliphatic heterocycles. The first-order chi connectivity index (χ1) is 15.2. The van der Waals surface area contributed by atoms with Crippen molar-refractivity contribution in [2.75, 3.05) is 19.8 Å². The molecule has 0 aromatic rings. The van der Waals surface area contributed by atoms with Crippen molar-refractivity contribution in [2.45, 2.75) is 134 Å². The summed E-state index contributed by atoms with van der Waals surface area (Å²) in [5, 5.41) is 28.7. The van der Waals surface area contributed by atoms with Crippen molar-refractivity contribution in [3.8, 4) is 0 Å². The maximum atomic E-state index is 9.91. The quantitative estimate of drug-likeness (QED) is 0.166. The largest absolute Gasteiger partial charge is 0.394 e. The first kappa shape index (κ1) is 28.6. The van der Waals surface area contributed by atoms with E-state index in [4.69, 9.17) is 14.6 Å². The van der Waals surface area contributed by atoms with Crippen molar-refractivity contribution in [1.29, 1.82) is 0 Å². The number of ether oxygens (including phenoxy) is 2. The molecular weight excluding hydrogens is 392 g/mol. The number of unbranched alkanes of at least 4 members (excludes halogenated alkanes) is 14. The second-order valence-electron chi connectivity index (χ2n) is 9.10. The standard InChI is InChI=1S/C26H50O5/c1-2-3-4-5-6-7-8-9-10-11-12-13-14-15-16-17-18-19-20-30-26-24(29)22-31-25(26)23(28)21-27/h5-6,23-29H,2-4,7-22H2,1H3/b6-5+/t23-,24+,25+,26+/m0/s1. The van der Waals surface area contributed by atoms with Gasteiger partial charge in [0.05, 0.1) is 13.2 Å². The average molecular weight is 443 g/mol. The molecule has 0 unspecified atom stereocenters. The second kappa shape index (κ2) is 20.2. The molecule has 5 nitrogen and oxygen atoms in total. The molecule has 4 atom stereocenters. The van der Waals surface area contributed by atoms with Gasteiger partial charge in [-0.25, -0.2) is 0 Å². The van der Waals surface area contributed by atoms with Crippen molar-refractivity contribution < 1.29 is 24.8 Å². The summed E-state index contributed by atoms with van der Waals surface area (Å²) in [6.07, 6.45) is 22.5. The van der Waals surface area contributed by atoms with Crippen molar-refractivity contribution >= 4 is 0 Å². The normalized spacial score (nSPS) is 22.5. The molecule has 184 valence electrons. The molecule has 1 saturated heterocycles. The summed E-state index contributed by atoms with van der Waals surface area (Å²) >= 11 is 0. The predicted molar refractivity (Wildman–Crippen MR) is 127 cm³/mol. The van der Waals surface area contributed by atoms with E-state index >= 15 is 0 Å². The molecule has 0 aromatic carbocycles. The predicted octanol–water partition coefficient (Wildman–Crippen LogP) is 5.30. The van der Waals surface area contributed by atoms with Crippen LogP contribution in [0.25, 0.3) is 0 Å². The van der Waals surface area contributed by atoms with Gasteiger partial charge < -0.3 is 24.8 Å². The molecule has 0 aliphatic carbocycles. The Labute approximate surface area is 191 Å². The lowest BCUT2D eigenvalue weighted by atomic mass is 10.0. The lowest BCUT2D eigenvalue weighted by Gasteiger charge is -2.23. The van der Waals surface area contributed by atoms with Crippen LogP contribution in [0.2, 0.25) is 0 Å². The molecule has 31 heavy (non-hydrogen) atoms. The van der Waals surface area contributed by atoms with Gasteiger partial charge in [-0.15, -0.1) is 0 Å². The fourth-order valence-electron chi connectivity index (χ4n) is 4.17. The number of hydrogen-bond donors (Lipinski definition) is 3. The van der Waals surface area contributed by atoms with E-state index < -0.39 is 24.4 Å². The zero-order valence-corrected chi connectivity index (χ0v) is 20.1. The number of allylic oxidation sites excluding steroid dienone is 2. The maximum Gasteiger partial charge on any atom is 0.114 e. The Morgan fingerprint density at radius 3 is 1.90 bits per heavy atom. The Balaban J connectivity index is 1.81. The van der Waals surface area contributed by atoms with Crippen LogP contribution in [-0.4, -0.2) is 59.6 Å². The minimum atomic E-state index is -1.00. The van der Waals surface area contributed by atoms with Crippen LogP contribution in [0, 0.1) is 0 Å². The molecule has 0 amide bonds. The summed E-state index contributed by atoms with van der Waals surface area (Å²) < 4.78 is 11.1. The first-order valence-corrected chi connectivity index (χ1v) is 13.1. The third-order valence-corrected chi connectivity index (χ3v) is 6.20. The molecule has 1 aliphatic rings. The molecule has 0 saturated carbocycles. The van der Waals surface area contributed by atoms with Crippen LogP contribution in [-0.2, 0) is 9.47 Å². The topological polar surface area (TPSA) is 79.2 Å². The first-order valence-electron chi connectivity index (χ1n) is 13.1. The highest BCUT2D eigenvalue weighted by molar-refractivity contribution is 4.89. The van der Waals surface area contributed by atoms with E-state index in [9.17, 15) is 10.2 Å². The molecule has 3 N–H and O–H groups in total. The lowest BCUT2D eigenvalue weighted by Crippen LogP contribution is -2.42. The van der Waals surface area contributed by atoms with Gasteiger partial charge in [-0.3, -0.25) is 0 Å². The molecule has 5 heteroatoms. The number of rotatable bonds is 21. The minimum absolute atomic E-state index is 0.156. The third kappa shape index (κ3) is 14.3. The van der Waals surface area contributed by atoms with E-state index in [-0.39, 0.29) is 13.2 Å². The summed E-state index contributed by atoms with van der Waals surface area (Å²) in [4.78, 5) is 0. The zero-order chi connectivity index (χ0) is 22.6. The van der Waals surface area contributed by atoms with Crippen LogP contribution in [0.3, 0.4) is 0 Å². The molecule has 1 heterocycles. The number of aliphatic hydroxyl groups is 3. The van der Waals surface area contributed by atoms with Gasteiger partial charge in [0.2, 0.25) is 0 Å². The van der Waals surface area contributed by atoms with Gasteiger partial charge in [0.1, 0.15) is 24.4 Å². The van der Waals surface area contributed by atoms with Crippen LogP contribution in [0.1, 0.15) is 110 Å². The van der Waals surface area contributed by atoms with Crippen LogP contribution in [0.15, 0.2) is 12.2 Å². The lowest BCUT2D eigenvalue weighted by molar-refractivity contribution is -0.0938. The van der Waals surface area contributed by atoms with E-state index in [0.717, 1.165) is 12.8 Å². The summed E-state index contributed by atoms with van der Waals surface area (Å²) in [7, 11) is 0. The molecule has 0 aromatic heterocycles. The minimum Gasteiger partial charge on any atom is -0.394 e. The Hall–Kier alpha value is -0.460. The Morgan fingerprint density at radius 2 is 1.35 bits per heavy atom. The monoisotopic (exact) mass is 442 g/mol. The highest BCUT2D eigenvalue weighted by atomic mass is 16.6. The van der Waals surface area contributed by atoms with Crippen LogP contribution < -0.4 is 0 Å². The molecule has 0 bridgehead atoms. The van der Waals surface area contributed by atoms with Gasteiger partial charge in [-0.1, -0.05) is 96.1 Å². The van der Waals surface area contributed by atoms with Crippen LogP contribution >= 0.6 is 0 Å². The van der Waals surface area contributed by atoms with E-state index in [1.54, 1.807) is 0 Å². The summed E-state index contributed by atoms with van der Waals surface area (Å²) in [5.41, 5.74) is 0. The highest BCUT2D eigenvalue weighted by Gasteiger charge is 2.40. The van der Waals surface area contributed by atoms with E-state index in [1.165, 1.54) is 89.9 Å². The van der Waals surface area contributed by atoms with E-state index in [2.05, 4.69) is 19.1 Å². The fraction of sp³-hybridized carbons (Fsp3) is 0.923. The van der Waals surface area contributed by atoms with Gasteiger partial charge in [0, 0.05) is 6.61 Å². The molecular formula is C26H50O5. The van der Waals surface area contributed by atoms with Gasteiger partial charge in [-0.05, 0) is 25.7 Å². The molecule has 0 spiro atoms. The van der Waals surface area contributed by atoms with Gasteiger partial charge in [0.15, 0.2) is 0 Å². The Morgan fingerprint density at radius 1 is 0.839 bits per heavy atom. The summed E-state index contributed by atoms with van der Waals surface area (Å²) in [6, 6.07) is 0. The fourth-order valence-corrected chi connectivity index (χ4v) is 4.17. The molecule has 0 radical (unpaired) electrons. The summed E-state index contributed by atoms with van der Waals surface area (Å²) in [5.74, 6) is 0. The van der Waals surface area contributed by atoms with Crippen molar-refractivity contribution in [1.82, 2.24) is 0 Å². The van der Waals surface area contributed by atoms with Gasteiger partial charge in [0.25, 0.3) is 0 Å². The molecule has 1 fully saturated rings. The van der Waals surface area contributed by atoms with Crippen molar-refractivity contribution in [2.24, 2.45) is 0 Å². The maximum absolute atomic E-state index is 9.91. The van der Waals surface area contributed by atoms with Gasteiger partial charge in [-0.2, -0.15) is 0 Å². The van der Waals surface area contributed by atoms with Gasteiger partial charge >= 0.3 is 0 Å². The second-order valence-corrected chi connectivity index (χ2v) is 9.10. The molecule has 1 rings (SSSR count). The van der Waals surface area contributed by atoms with Crippen molar-refractivity contribution in [3.05, 3.63) is 12.2 Å². The van der Waals surface area contributed by atoms with Crippen LogP contribution in [0.4, 0.5) is 0 Å². The Kier molecular flexibility index (Phi) is 18.6. The smallest absolute Gasteiger partial charge is 0.114 e. The average Bonchev–Trinajstić information content (AvgIpc) is 3.15. The van der Waals surface area contributed by atoms with Crippen molar-refractivity contribution in [3.63, 3.8) is 0 Å². The van der Waals surface area contributed by atoms with E-state index in [0.29, 0.717) is 6.61 Å². The number of aliphatic hydroxyl groups excluding tert-OH is 3. The van der Waals surface area contributed by atoms with E-state index in [1.807, 2.05) is 0 Å². The SMILES string of the molecule is CCCC/C=C/CCCCCCCCCCCCCCO[C@H]1[C@@H]([C@@H](O)CO)OC[C@H]1O. The summed E-state index contributed by atoms with van der Waals surface area (Å²) in [6.45, 7) is 2.58. The van der Waals surface area contributed by atoms with Crippen LogP contribution in [0.5, 0.6) is 0 Å². The highest BCUT2D eigenvalue weighted by Crippen LogP contribution is 2.21. The third-order valence-electron chi connectivity index (χ3n) is 6.20. The Bertz CT molecular complexity index is 415. The zero-order valence-electron chi connectivity index (χ0n) is 20.1.